The molecule has 0 saturated carbocycles. The Hall–Kier alpha value is -0.520. The topological polar surface area (TPSA) is 30.5 Å². The Morgan fingerprint density at radius 1 is 1.19 bits per heavy atom. The van der Waals surface area contributed by atoms with Crippen LogP contribution in [0, 0.1) is 0 Å². The Morgan fingerprint density at radius 3 is 2.71 bits per heavy atom. The summed E-state index contributed by atoms with van der Waals surface area (Å²) >= 11 is 4.23. The van der Waals surface area contributed by atoms with Crippen LogP contribution < -0.4 is 14.8 Å². The van der Waals surface area contributed by atoms with Crippen LogP contribution in [0.25, 0.3) is 0 Å². The highest BCUT2D eigenvalue weighted by Crippen LogP contribution is 2.42. The van der Waals surface area contributed by atoms with Crippen molar-refractivity contribution in [1.29, 1.82) is 0 Å². The van der Waals surface area contributed by atoms with E-state index in [-0.39, 0.29) is 0 Å². The Balaban J connectivity index is 1.85. The van der Waals surface area contributed by atoms with Gasteiger partial charge in [-0.2, -0.15) is 23.5 Å². The van der Waals surface area contributed by atoms with Gasteiger partial charge in [0.05, 0.1) is 0 Å². The summed E-state index contributed by atoms with van der Waals surface area (Å²) in [4.78, 5) is 0. The van der Waals surface area contributed by atoms with E-state index in [1.54, 1.807) is 0 Å². The fourth-order valence-electron chi connectivity index (χ4n) is 3.02. The van der Waals surface area contributed by atoms with E-state index in [4.69, 9.17) is 9.47 Å². The molecule has 2 aliphatic rings. The zero-order valence-corrected chi connectivity index (χ0v) is 14.3. The van der Waals surface area contributed by atoms with Crippen LogP contribution in [-0.2, 0) is 0 Å². The molecule has 3 unspecified atom stereocenters. The van der Waals surface area contributed by atoms with Crippen molar-refractivity contribution in [2.75, 3.05) is 31.8 Å². The second-order valence-corrected chi connectivity index (χ2v) is 7.96. The largest absolute Gasteiger partial charge is 0.486 e. The lowest BCUT2D eigenvalue weighted by molar-refractivity contribution is 0.171. The number of fused-ring (bicyclic) bond motifs is 1. The summed E-state index contributed by atoms with van der Waals surface area (Å²) in [5, 5.41) is 4.86. The molecule has 116 valence electrons. The fourth-order valence-corrected chi connectivity index (χ4v) is 6.31. The van der Waals surface area contributed by atoms with Gasteiger partial charge in [-0.1, -0.05) is 13.0 Å². The van der Waals surface area contributed by atoms with Crippen LogP contribution in [0.15, 0.2) is 18.2 Å². The minimum absolute atomic E-state index is 0.364. The third-order valence-corrected chi connectivity index (χ3v) is 7.41. The van der Waals surface area contributed by atoms with Crippen LogP contribution in [0.4, 0.5) is 0 Å². The van der Waals surface area contributed by atoms with E-state index in [1.807, 2.05) is 0 Å². The second-order valence-electron chi connectivity index (χ2n) is 5.32. The molecule has 5 heteroatoms. The lowest BCUT2D eigenvalue weighted by Gasteiger charge is -2.36. The summed E-state index contributed by atoms with van der Waals surface area (Å²) in [5.41, 5.74) is 1.31. The molecule has 0 spiro atoms. The van der Waals surface area contributed by atoms with Crippen LogP contribution in [0.1, 0.15) is 24.9 Å². The summed E-state index contributed by atoms with van der Waals surface area (Å²) in [7, 11) is 2.06. The highest BCUT2D eigenvalue weighted by atomic mass is 32.2. The number of thioether (sulfide) groups is 2. The Morgan fingerprint density at radius 2 is 1.95 bits per heavy atom. The number of hydrogen-bond donors (Lipinski definition) is 1. The molecular formula is C16H23NO2S2. The van der Waals surface area contributed by atoms with Crippen LogP contribution in [0.5, 0.6) is 11.5 Å². The first kappa shape index (κ1) is 15.4. The van der Waals surface area contributed by atoms with E-state index in [9.17, 15) is 0 Å². The lowest BCUT2D eigenvalue weighted by atomic mass is 9.99. The number of benzene rings is 1. The monoisotopic (exact) mass is 325 g/mol. The van der Waals surface area contributed by atoms with Gasteiger partial charge >= 0.3 is 0 Å². The van der Waals surface area contributed by atoms with Crippen molar-refractivity contribution >= 4 is 23.5 Å². The van der Waals surface area contributed by atoms with E-state index in [0.29, 0.717) is 24.5 Å². The quantitative estimate of drug-likeness (QED) is 0.917. The lowest BCUT2D eigenvalue weighted by Crippen LogP contribution is -2.37. The summed E-state index contributed by atoms with van der Waals surface area (Å²) in [6, 6.07) is 6.75. The van der Waals surface area contributed by atoms with Crippen molar-refractivity contribution in [2.24, 2.45) is 0 Å². The van der Waals surface area contributed by atoms with Gasteiger partial charge in [0.2, 0.25) is 0 Å². The molecule has 2 aliphatic heterocycles. The molecule has 2 heterocycles. The van der Waals surface area contributed by atoms with Gasteiger partial charge in [0, 0.05) is 28.0 Å². The predicted octanol–water partition coefficient (Wildman–Crippen LogP) is 3.35. The summed E-state index contributed by atoms with van der Waals surface area (Å²) in [6.07, 6.45) is 1.23. The highest BCUT2D eigenvalue weighted by Gasteiger charge is 2.32. The Bertz CT molecular complexity index is 483. The predicted molar refractivity (Wildman–Crippen MR) is 92.0 cm³/mol. The standard InChI is InChI=1S/C16H23NO2S2/c1-3-14-16(21-9-8-20-14)15(17-2)11-4-5-12-13(10-11)19-7-6-18-12/h4-5,10,14-17H,3,6-9H2,1-2H3. The van der Waals surface area contributed by atoms with Gasteiger partial charge in [0.25, 0.3) is 0 Å². The van der Waals surface area contributed by atoms with Gasteiger partial charge in [0.1, 0.15) is 13.2 Å². The third-order valence-electron chi connectivity index (χ3n) is 4.06. The molecule has 1 N–H and O–H groups in total. The second kappa shape index (κ2) is 7.16. The molecule has 0 aliphatic carbocycles. The minimum Gasteiger partial charge on any atom is -0.486 e. The average molecular weight is 325 g/mol. The van der Waals surface area contributed by atoms with Gasteiger partial charge in [0.15, 0.2) is 11.5 Å². The zero-order chi connectivity index (χ0) is 14.7. The SMILES string of the molecule is CCC1SCCSC1C(NC)c1ccc2c(c1)OCCO2. The number of ether oxygens (including phenoxy) is 2. The van der Waals surface area contributed by atoms with Crippen LogP contribution >= 0.6 is 23.5 Å². The molecule has 1 aromatic carbocycles. The maximum absolute atomic E-state index is 5.73. The average Bonchev–Trinajstić information content (AvgIpc) is 2.56. The number of hydrogen-bond acceptors (Lipinski definition) is 5. The first-order chi connectivity index (χ1) is 10.3. The van der Waals surface area contributed by atoms with Crippen molar-refractivity contribution in [3.63, 3.8) is 0 Å². The normalized spacial score (nSPS) is 26.4. The van der Waals surface area contributed by atoms with E-state index < -0.39 is 0 Å². The van der Waals surface area contributed by atoms with Gasteiger partial charge in [-0.3, -0.25) is 0 Å². The minimum atomic E-state index is 0.364. The first-order valence-corrected chi connectivity index (χ1v) is 9.73. The van der Waals surface area contributed by atoms with E-state index in [2.05, 4.69) is 61.0 Å². The Kier molecular flexibility index (Phi) is 5.24. The number of nitrogens with one attached hydrogen (secondary N) is 1. The molecule has 0 radical (unpaired) electrons. The molecule has 21 heavy (non-hydrogen) atoms. The first-order valence-electron chi connectivity index (χ1n) is 7.63. The van der Waals surface area contributed by atoms with Crippen LogP contribution in [0.3, 0.4) is 0 Å². The van der Waals surface area contributed by atoms with Gasteiger partial charge in [-0.15, -0.1) is 0 Å². The molecule has 3 atom stereocenters. The van der Waals surface area contributed by atoms with E-state index in [1.165, 1.54) is 23.5 Å². The van der Waals surface area contributed by atoms with Gasteiger partial charge < -0.3 is 14.8 Å². The van der Waals surface area contributed by atoms with Gasteiger partial charge in [-0.05, 0) is 31.2 Å². The van der Waals surface area contributed by atoms with Crippen molar-refractivity contribution in [1.82, 2.24) is 5.32 Å². The third kappa shape index (κ3) is 3.30. The van der Waals surface area contributed by atoms with E-state index >= 15 is 0 Å². The summed E-state index contributed by atoms with van der Waals surface area (Å²) < 4.78 is 11.4. The molecule has 3 rings (SSSR count). The maximum Gasteiger partial charge on any atom is 0.161 e. The molecule has 1 fully saturated rings. The maximum atomic E-state index is 5.73. The van der Waals surface area contributed by atoms with Crippen molar-refractivity contribution < 1.29 is 9.47 Å². The zero-order valence-electron chi connectivity index (χ0n) is 12.6. The number of rotatable bonds is 4. The molecule has 1 aromatic rings. The smallest absolute Gasteiger partial charge is 0.161 e. The molecule has 0 amide bonds. The van der Waals surface area contributed by atoms with Crippen molar-refractivity contribution in [3.05, 3.63) is 23.8 Å². The molecule has 0 aromatic heterocycles. The van der Waals surface area contributed by atoms with E-state index in [0.717, 1.165) is 16.7 Å². The Labute approximate surface area is 135 Å². The molecule has 1 saturated heterocycles. The molecular weight excluding hydrogens is 302 g/mol. The van der Waals surface area contributed by atoms with Crippen LogP contribution in [-0.4, -0.2) is 42.3 Å². The summed E-state index contributed by atoms with van der Waals surface area (Å²) in [5.74, 6) is 4.28. The van der Waals surface area contributed by atoms with Crippen molar-refractivity contribution in [2.45, 2.75) is 29.9 Å². The highest BCUT2D eigenvalue weighted by molar-refractivity contribution is 8.07. The van der Waals surface area contributed by atoms with Crippen molar-refractivity contribution in [3.8, 4) is 11.5 Å². The fraction of sp³-hybridized carbons (Fsp3) is 0.625. The molecule has 3 nitrogen and oxygen atoms in total. The van der Waals surface area contributed by atoms with Crippen LogP contribution in [0.2, 0.25) is 0 Å². The van der Waals surface area contributed by atoms with Gasteiger partial charge in [-0.25, -0.2) is 0 Å². The molecule has 0 bridgehead atoms. The summed E-state index contributed by atoms with van der Waals surface area (Å²) in [6.45, 7) is 3.59.